The third-order valence-electron chi connectivity index (χ3n) is 5.21. The van der Waals surface area contributed by atoms with Crippen LogP contribution in [0.4, 0.5) is 10.2 Å². The first kappa shape index (κ1) is 20.7. The predicted octanol–water partition coefficient (Wildman–Crippen LogP) is 3.58. The number of sulfonamides is 1. The van der Waals surface area contributed by atoms with Crippen molar-refractivity contribution in [1.29, 1.82) is 0 Å². The highest BCUT2D eigenvalue weighted by molar-refractivity contribution is 7.90. The van der Waals surface area contributed by atoms with Crippen LogP contribution in [-0.4, -0.2) is 36.5 Å². The molecule has 0 aliphatic heterocycles. The lowest BCUT2D eigenvalue weighted by molar-refractivity contribution is 0.336. The molecule has 1 aliphatic carbocycles. The molecule has 0 bridgehead atoms. The molecule has 6 nitrogen and oxygen atoms in total. The minimum atomic E-state index is -3.20. The Morgan fingerprint density at radius 1 is 1.07 bits per heavy atom. The fraction of sp³-hybridized carbons (Fsp3) is 0.500. The summed E-state index contributed by atoms with van der Waals surface area (Å²) in [6, 6.07) is 10.4. The first-order valence-electron chi connectivity index (χ1n) is 9.69. The number of nitrogens with one attached hydrogen (secondary N) is 2. The van der Waals surface area contributed by atoms with Crippen LogP contribution in [0.5, 0.6) is 0 Å². The minimum Gasteiger partial charge on any atom is -0.366 e. The summed E-state index contributed by atoms with van der Waals surface area (Å²) < 4.78 is 40.3. The Labute approximate surface area is 166 Å². The van der Waals surface area contributed by atoms with Crippen LogP contribution in [0.3, 0.4) is 0 Å². The Bertz CT molecular complexity index is 879. The smallest absolute Gasteiger partial charge is 0.213 e. The molecule has 2 aromatic rings. The standard InChI is InChI=1S/C20H27FN4O2S/c1-14(2)28(26,27)22-13-15-7-9-16(10-8-15)23-20-12-11-19(24-25-20)17-5-3-4-6-18(17)21/h3-6,11-12,14-16,22H,7-10,13H2,1-2H3,(H,23,25)/t15-,16-. The van der Waals surface area contributed by atoms with E-state index in [0.717, 1.165) is 25.7 Å². The molecule has 1 fully saturated rings. The van der Waals surface area contributed by atoms with Gasteiger partial charge in [0.05, 0.1) is 10.9 Å². The zero-order valence-electron chi connectivity index (χ0n) is 16.2. The molecule has 1 saturated carbocycles. The van der Waals surface area contributed by atoms with E-state index in [1.54, 1.807) is 38.1 Å². The molecule has 1 aromatic carbocycles. The van der Waals surface area contributed by atoms with Crippen LogP contribution in [0.25, 0.3) is 11.3 Å². The van der Waals surface area contributed by atoms with Gasteiger partial charge in [0.1, 0.15) is 11.6 Å². The molecular weight excluding hydrogens is 379 g/mol. The first-order valence-corrected chi connectivity index (χ1v) is 11.2. The number of anilines is 1. The van der Waals surface area contributed by atoms with Gasteiger partial charge in [-0.15, -0.1) is 10.2 Å². The van der Waals surface area contributed by atoms with Gasteiger partial charge in [-0.3, -0.25) is 0 Å². The van der Waals surface area contributed by atoms with Crippen molar-refractivity contribution in [3.05, 3.63) is 42.2 Å². The Morgan fingerprint density at radius 3 is 2.39 bits per heavy atom. The van der Waals surface area contributed by atoms with Crippen molar-refractivity contribution >= 4 is 15.8 Å². The molecule has 0 amide bonds. The van der Waals surface area contributed by atoms with E-state index in [4.69, 9.17) is 0 Å². The van der Waals surface area contributed by atoms with E-state index < -0.39 is 15.3 Å². The normalized spacial score (nSPS) is 20.3. The summed E-state index contributed by atoms with van der Waals surface area (Å²) in [6.45, 7) is 3.87. The van der Waals surface area contributed by atoms with Crippen molar-refractivity contribution < 1.29 is 12.8 Å². The zero-order valence-corrected chi connectivity index (χ0v) is 17.0. The average Bonchev–Trinajstić information content (AvgIpc) is 2.68. The van der Waals surface area contributed by atoms with Crippen molar-refractivity contribution in [2.24, 2.45) is 5.92 Å². The molecule has 152 valence electrons. The number of nitrogens with zero attached hydrogens (tertiary/aromatic N) is 2. The first-order chi connectivity index (χ1) is 13.3. The fourth-order valence-corrected chi connectivity index (χ4v) is 4.14. The topological polar surface area (TPSA) is 84.0 Å². The van der Waals surface area contributed by atoms with E-state index in [1.807, 2.05) is 6.07 Å². The van der Waals surface area contributed by atoms with E-state index in [1.165, 1.54) is 6.07 Å². The van der Waals surface area contributed by atoms with Crippen molar-refractivity contribution in [3.8, 4) is 11.3 Å². The van der Waals surface area contributed by atoms with Crippen LogP contribution in [0, 0.1) is 11.7 Å². The molecule has 0 unspecified atom stereocenters. The van der Waals surface area contributed by atoms with Crippen LogP contribution in [0.2, 0.25) is 0 Å². The predicted molar refractivity (Wildman–Crippen MR) is 109 cm³/mol. The molecule has 1 aromatic heterocycles. The monoisotopic (exact) mass is 406 g/mol. The summed E-state index contributed by atoms with van der Waals surface area (Å²) in [4.78, 5) is 0. The number of aromatic nitrogens is 2. The van der Waals surface area contributed by atoms with Crippen LogP contribution in [0.1, 0.15) is 39.5 Å². The summed E-state index contributed by atoms with van der Waals surface area (Å²) >= 11 is 0. The third kappa shape index (κ3) is 5.26. The number of hydrogen-bond donors (Lipinski definition) is 2. The summed E-state index contributed by atoms with van der Waals surface area (Å²) in [7, 11) is -3.20. The maximum Gasteiger partial charge on any atom is 0.213 e. The van der Waals surface area contributed by atoms with E-state index >= 15 is 0 Å². The Kier molecular flexibility index (Phi) is 6.61. The number of benzene rings is 1. The molecule has 1 aliphatic rings. The molecule has 2 N–H and O–H groups in total. The van der Waals surface area contributed by atoms with Gasteiger partial charge in [0.25, 0.3) is 0 Å². The van der Waals surface area contributed by atoms with Crippen LogP contribution >= 0.6 is 0 Å². The minimum absolute atomic E-state index is 0.284. The SMILES string of the molecule is CC(C)S(=O)(=O)NC[C@H]1CC[C@H](Nc2ccc(-c3ccccc3F)nn2)CC1. The fourth-order valence-electron chi connectivity index (χ4n) is 3.34. The second-order valence-electron chi connectivity index (χ2n) is 7.59. The highest BCUT2D eigenvalue weighted by atomic mass is 32.2. The van der Waals surface area contributed by atoms with Crippen molar-refractivity contribution in [2.75, 3.05) is 11.9 Å². The number of halogens is 1. The van der Waals surface area contributed by atoms with E-state index in [-0.39, 0.29) is 11.9 Å². The summed E-state index contributed by atoms with van der Waals surface area (Å²) in [6.07, 6.45) is 3.81. The van der Waals surface area contributed by atoms with Crippen LogP contribution in [-0.2, 0) is 10.0 Å². The van der Waals surface area contributed by atoms with Crippen molar-refractivity contribution in [2.45, 2.75) is 50.8 Å². The molecular formula is C20H27FN4O2S. The molecule has 0 saturated heterocycles. The second kappa shape index (κ2) is 8.96. The third-order valence-corrected chi connectivity index (χ3v) is 7.02. The van der Waals surface area contributed by atoms with E-state index in [2.05, 4.69) is 20.2 Å². The number of rotatable bonds is 7. The number of hydrogen-bond acceptors (Lipinski definition) is 5. The van der Waals surface area contributed by atoms with Crippen molar-refractivity contribution in [3.63, 3.8) is 0 Å². The molecule has 0 spiro atoms. The lowest BCUT2D eigenvalue weighted by Crippen LogP contribution is -2.37. The van der Waals surface area contributed by atoms with Gasteiger partial charge in [0, 0.05) is 18.2 Å². The highest BCUT2D eigenvalue weighted by Gasteiger charge is 2.24. The largest absolute Gasteiger partial charge is 0.366 e. The highest BCUT2D eigenvalue weighted by Crippen LogP contribution is 2.26. The van der Waals surface area contributed by atoms with Crippen molar-refractivity contribution in [1.82, 2.24) is 14.9 Å². The molecule has 1 heterocycles. The van der Waals surface area contributed by atoms with Gasteiger partial charge in [-0.25, -0.2) is 17.5 Å². The quantitative estimate of drug-likeness (QED) is 0.734. The van der Waals surface area contributed by atoms with Gasteiger partial charge in [0.15, 0.2) is 0 Å². The lowest BCUT2D eigenvalue weighted by atomic mass is 9.86. The van der Waals surface area contributed by atoms with Gasteiger partial charge < -0.3 is 5.32 Å². The van der Waals surface area contributed by atoms with Gasteiger partial charge >= 0.3 is 0 Å². The maximum atomic E-state index is 13.8. The summed E-state index contributed by atoms with van der Waals surface area (Å²) in [5.41, 5.74) is 0.940. The van der Waals surface area contributed by atoms with E-state index in [9.17, 15) is 12.8 Å². The lowest BCUT2D eigenvalue weighted by Gasteiger charge is -2.29. The molecule has 0 radical (unpaired) electrons. The Balaban J connectivity index is 1.49. The van der Waals surface area contributed by atoms with E-state index in [0.29, 0.717) is 29.5 Å². The second-order valence-corrected chi connectivity index (χ2v) is 9.91. The van der Waals surface area contributed by atoms with Gasteiger partial charge in [-0.2, -0.15) is 0 Å². The summed E-state index contributed by atoms with van der Waals surface area (Å²) in [5.74, 6) is 0.717. The molecule has 28 heavy (non-hydrogen) atoms. The molecule has 0 atom stereocenters. The zero-order chi connectivity index (χ0) is 20.1. The van der Waals surface area contributed by atoms with Gasteiger partial charge in [-0.1, -0.05) is 12.1 Å². The summed E-state index contributed by atoms with van der Waals surface area (Å²) in [5, 5.41) is 11.3. The Morgan fingerprint density at radius 2 is 1.79 bits per heavy atom. The van der Waals surface area contributed by atoms with Gasteiger partial charge in [-0.05, 0) is 69.7 Å². The maximum absolute atomic E-state index is 13.8. The molecule has 3 rings (SSSR count). The average molecular weight is 407 g/mol. The van der Waals surface area contributed by atoms with Gasteiger partial charge in [0.2, 0.25) is 10.0 Å². The Hall–Kier alpha value is -2.06. The molecule has 8 heteroatoms. The van der Waals surface area contributed by atoms with Crippen LogP contribution in [0.15, 0.2) is 36.4 Å². The van der Waals surface area contributed by atoms with Crippen LogP contribution < -0.4 is 10.0 Å².